The number of nitrogens with zero attached hydrogens (tertiary/aromatic N) is 2. The van der Waals surface area contributed by atoms with E-state index in [0.717, 1.165) is 22.2 Å². The van der Waals surface area contributed by atoms with Gasteiger partial charge >= 0.3 is 0 Å². The van der Waals surface area contributed by atoms with Gasteiger partial charge in [0.2, 0.25) is 0 Å². The number of aryl methyl sites for hydroxylation is 1. The average Bonchev–Trinajstić information content (AvgIpc) is 3.17. The maximum atomic E-state index is 13.0. The summed E-state index contributed by atoms with van der Waals surface area (Å²) in [4.78, 5) is 49.9. The molecule has 13 heteroatoms. The minimum absolute atomic E-state index is 0.141. The summed E-state index contributed by atoms with van der Waals surface area (Å²) in [6, 6.07) is 14.3. The number of rotatable bonds is 9. The molecule has 206 valence electrons. The van der Waals surface area contributed by atoms with E-state index in [1.54, 1.807) is 36.4 Å². The summed E-state index contributed by atoms with van der Waals surface area (Å²) in [5.74, 6) is -0.436. The number of nitrogens with one attached hydrogen (secondary N) is 1. The molecule has 0 atom stereocenters. The molecule has 3 aromatic rings. The van der Waals surface area contributed by atoms with Crippen molar-refractivity contribution in [2.24, 2.45) is 0 Å². The maximum Gasteiger partial charge on any atom is 0.293 e. The molecule has 1 fully saturated rings. The molecule has 3 amide bonds. The molecule has 0 radical (unpaired) electrons. The number of imide groups is 1. The highest BCUT2D eigenvalue weighted by Crippen LogP contribution is 2.39. The fraction of sp³-hybridized carbons (Fsp3) is 0.148. The molecular formula is C27H21BrClN3O7S. The first-order valence-electron chi connectivity index (χ1n) is 11.6. The average molecular weight is 647 g/mol. The maximum absolute atomic E-state index is 13.0. The van der Waals surface area contributed by atoms with Gasteiger partial charge in [-0.3, -0.25) is 29.4 Å². The second-order valence-corrected chi connectivity index (χ2v) is 10.7. The molecule has 4 rings (SSSR count). The highest BCUT2D eigenvalue weighted by atomic mass is 79.9. The largest absolute Gasteiger partial charge is 0.493 e. The van der Waals surface area contributed by atoms with E-state index in [0.29, 0.717) is 20.7 Å². The lowest BCUT2D eigenvalue weighted by atomic mass is 10.1. The van der Waals surface area contributed by atoms with Gasteiger partial charge in [-0.05, 0) is 76.1 Å². The normalized spacial score (nSPS) is 14.0. The molecule has 3 aromatic carbocycles. The first kappa shape index (κ1) is 29.1. The van der Waals surface area contributed by atoms with Gasteiger partial charge in [0.05, 0.1) is 28.0 Å². The van der Waals surface area contributed by atoms with Crippen LogP contribution < -0.4 is 14.8 Å². The van der Waals surface area contributed by atoms with Crippen molar-refractivity contribution in [1.82, 2.24) is 4.90 Å². The van der Waals surface area contributed by atoms with Gasteiger partial charge in [-0.1, -0.05) is 35.9 Å². The van der Waals surface area contributed by atoms with Gasteiger partial charge in [-0.15, -0.1) is 0 Å². The molecular weight excluding hydrogens is 626 g/mol. The van der Waals surface area contributed by atoms with E-state index in [1.165, 1.54) is 31.4 Å². The summed E-state index contributed by atoms with van der Waals surface area (Å²) >= 11 is 10.2. The first-order valence-corrected chi connectivity index (χ1v) is 13.6. The van der Waals surface area contributed by atoms with E-state index in [4.69, 9.17) is 21.1 Å². The number of anilines is 1. The number of methoxy groups -OCH3 is 1. The molecule has 0 bridgehead atoms. The van der Waals surface area contributed by atoms with E-state index in [9.17, 15) is 24.5 Å². The molecule has 1 aliphatic heterocycles. The molecule has 0 spiro atoms. The van der Waals surface area contributed by atoms with Crippen molar-refractivity contribution in [3.8, 4) is 11.5 Å². The lowest BCUT2D eigenvalue weighted by molar-refractivity contribution is -0.385. The van der Waals surface area contributed by atoms with Crippen molar-refractivity contribution < 1.29 is 28.8 Å². The third-order valence-corrected chi connectivity index (χ3v) is 7.65. The predicted octanol–water partition coefficient (Wildman–Crippen LogP) is 6.58. The number of carbonyl (C=O) groups excluding carboxylic acids is 3. The third-order valence-electron chi connectivity index (χ3n) is 5.74. The van der Waals surface area contributed by atoms with Crippen molar-refractivity contribution >= 4 is 73.8 Å². The highest BCUT2D eigenvalue weighted by Gasteiger charge is 2.36. The van der Waals surface area contributed by atoms with Crippen molar-refractivity contribution in [2.75, 3.05) is 19.0 Å². The van der Waals surface area contributed by atoms with Crippen LogP contribution in [0.4, 0.5) is 16.2 Å². The number of benzene rings is 3. The second kappa shape index (κ2) is 12.5. The Labute approximate surface area is 246 Å². The van der Waals surface area contributed by atoms with Crippen LogP contribution in [0.2, 0.25) is 5.02 Å². The van der Waals surface area contributed by atoms with Gasteiger partial charge in [0, 0.05) is 22.3 Å². The zero-order valence-electron chi connectivity index (χ0n) is 21.1. The van der Waals surface area contributed by atoms with Crippen molar-refractivity contribution in [3.63, 3.8) is 0 Å². The van der Waals surface area contributed by atoms with Crippen molar-refractivity contribution in [3.05, 3.63) is 95.8 Å². The van der Waals surface area contributed by atoms with Crippen LogP contribution in [0.1, 0.15) is 16.7 Å². The minimum atomic E-state index is -0.573. The van der Waals surface area contributed by atoms with E-state index in [2.05, 4.69) is 21.2 Å². The van der Waals surface area contributed by atoms with Crippen LogP contribution in [-0.2, 0) is 16.1 Å². The van der Waals surface area contributed by atoms with Crippen LogP contribution in [0.15, 0.2) is 64.0 Å². The molecule has 0 unspecified atom stereocenters. The molecule has 0 saturated carbocycles. The smallest absolute Gasteiger partial charge is 0.293 e. The fourth-order valence-corrected chi connectivity index (χ4v) is 5.34. The summed E-state index contributed by atoms with van der Waals surface area (Å²) in [6.45, 7) is 1.31. The SMILES string of the molecule is COc1cc(/C=C2\SC(=O)N(Cc3ccccc3[N+](=O)[O-])C2=O)cc(Br)c1OCC(=O)Nc1ccc(C)c(Cl)c1. The third kappa shape index (κ3) is 6.64. The number of nitro benzene ring substituents is 1. The van der Waals surface area contributed by atoms with Gasteiger partial charge in [0.15, 0.2) is 18.1 Å². The van der Waals surface area contributed by atoms with Crippen LogP contribution in [0.3, 0.4) is 0 Å². The second-order valence-electron chi connectivity index (χ2n) is 8.49. The monoisotopic (exact) mass is 645 g/mol. The molecule has 1 heterocycles. The van der Waals surface area contributed by atoms with Gasteiger partial charge < -0.3 is 14.8 Å². The van der Waals surface area contributed by atoms with Crippen LogP contribution in [0, 0.1) is 17.0 Å². The number of halogens is 2. The number of para-hydroxylation sites is 1. The van der Waals surface area contributed by atoms with Crippen molar-refractivity contribution in [2.45, 2.75) is 13.5 Å². The molecule has 40 heavy (non-hydrogen) atoms. The van der Waals surface area contributed by atoms with Crippen LogP contribution in [-0.4, -0.2) is 40.6 Å². The van der Waals surface area contributed by atoms with Gasteiger partial charge in [0.1, 0.15) is 0 Å². The zero-order valence-corrected chi connectivity index (χ0v) is 24.3. The molecule has 0 aliphatic carbocycles. The quantitative estimate of drug-likeness (QED) is 0.157. The topological polar surface area (TPSA) is 128 Å². The standard InChI is InChI=1S/C27H21BrClN3O7S/c1-15-7-8-18(12-20(15)29)30-24(33)14-39-25-19(28)9-16(10-22(25)38-2)11-23-26(34)31(27(35)40-23)13-17-5-3-4-6-21(17)32(36)37/h3-12H,13-14H2,1-2H3,(H,30,33)/b23-11-. The van der Waals surface area contributed by atoms with Crippen molar-refractivity contribution in [1.29, 1.82) is 0 Å². The van der Waals surface area contributed by atoms with Crippen LogP contribution in [0.25, 0.3) is 6.08 Å². The summed E-state index contributed by atoms with van der Waals surface area (Å²) in [7, 11) is 1.42. The first-order chi connectivity index (χ1) is 19.1. The summed E-state index contributed by atoms with van der Waals surface area (Å²) in [5.41, 5.74) is 2.00. The van der Waals surface area contributed by atoms with E-state index in [-0.39, 0.29) is 40.8 Å². The number of hydrogen-bond donors (Lipinski definition) is 1. The van der Waals surface area contributed by atoms with Crippen LogP contribution >= 0.6 is 39.3 Å². The minimum Gasteiger partial charge on any atom is -0.493 e. The number of nitro groups is 1. The number of hydrogen-bond acceptors (Lipinski definition) is 8. The number of thioether (sulfide) groups is 1. The van der Waals surface area contributed by atoms with Gasteiger partial charge in [-0.2, -0.15) is 0 Å². The Morgan fingerprint density at radius 1 is 1.20 bits per heavy atom. The number of carbonyl (C=O) groups is 3. The van der Waals surface area contributed by atoms with E-state index in [1.807, 2.05) is 6.92 Å². The Morgan fingerprint density at radius 2 is 1.95 bits per heavy atom. The highest BCUT2D eigenvalue weighted by molar-refractivity contribution is 9.10. The molecule has 0 aromatic heterocycles. The van der Waals surface area contributed by atoms with E-state index >= 15 is 0 Å². The fourth-order valence-electron chi connectivity index (χ4n) is 3.75. The van der Waals surface area contributed by atoms with Gasteiger partial charge in [0.25, 0.3) is 22.7 Å². The Morgan fingerprint density at radius 3 is 2.65 bits per heavy atom. The Balaban J connectivity index is 1.48. The van der Waals surface area contributed by atoms with Gasteiger partial charge in [-0.25, -0.2) is 0 Å². The summed E-state index contributed by atoms with van der Waals surface area (Å²) in [5, 5.41) is 14.0. The molecule has 1 N–H and O–H groups in total. The summed E-state index contributed by atoms with van der Waals surface area (Å²) in [6.07, 6.45) is 1.51. The summed E-state index contributed by atoms with van der Waals surface area (Å²) < 4.78 is 11.6. The number of amides is 3. The Hall–Kier alpha value is -3.87. The molecule has 1 aliphatic rings. The van der Waals surface area contributed by atoms with Crippen LogP contribution in [0.5, 0.6) is 11.5 Å². The van der Waals surface area contributed by atoms with E-state index < -0.39 is 22.0 Å². The lowest BCUT2D eigenvalue weighted by Crippen LogP contribution is -2.27. The number of ether oxygens (including phenoxy) is 2. The Kier molecular flexibility index (Phi) is 9.13. The predicted molar refractivity (Wildman–Crippen MR) is 156 cm³/mol. The molecule has 10 nitrogen and oxygen atoms in total. The lowest BCUT2D eigenvalue weighted by Gasteiger charge is -2.14. The zero-order chi connectivity index (χ0) is 29.0. The Bertz CT molecular complexity index is 1560. The molecule has 1 saturated heterocycles.